The number of hydrogen-bond donors (Lipinski definition) is 2. The molecule has 0 saturated carbocycles. The number of nitrogens with zero attached hydrogens (tertiary/aromatic N) is 1. The van der Waals surface area contributed by atoms with Gasteiger partial charge in [-0.2, -0.15) is 0 Å². The fourth-order valence-electron chi connectivity index (χ4n) is 5.07. The highest BCUT2D eigenvalue weighted by Gasteiger charge is 2.22. The first-order valence-electron chi connectivity index (χ1n) is 11.7. The van der Waals surface area contributed by atoms with Crippen molar-refractivity contribution < 1.29 is 14.3 Å². The molecule has 0 amide bonds. The molecule has 1 saturated heterocycles. The van der Waals surface area contributed by atoms with Gasteiger partial charge in [0.05, 0.1) is 19.8 Å². The van der Waals surface area contributed by atoms with Gasteiger partial charge in [0.15, 0.2) is 0 Å². The van der Waals surface area contributed by atoms with Gasteiger partial charge in [-0.15, -0.1) is 0 Å². The Labute approximate surface area is 193 Å². The van der Waals surface area contributed by atoms with Crippen LogP contribution in [0.25, 0.3) is 21.8 Å². The van der Waals surface area contributed by atoms with Crippen LogP contribution in [0, 0.1) is 0 Å². The molecule has 0 atom stereocenters. The minimum Gasteiger partial charge on any atom is -0.497 e. The van der Waals surface area contributed by atoms with E-state index in [0.717, 1.165) is 49.1 Å². The third kappa shape index (κ3) is 4.48. The fraction of sp³-hybridized carbons (Fsp3) is 0.370. The lowest BCUT2D eigenvalue weighted by Gasteiger charge is -2.31. The molecule has 1 fully saturated rings. The SMILES string of the molecule is COC(=O)c1ccc2[nH]cc(CCCN3CCC(c4cc5cc(OC)ccc5[nH]4)CC3)c2c1. The van der Waals surface area contributed by atoms with E-state index >= 15 is 0 Å². The Bertz CT molecular complexity index is 1260. The second-order valence-electron chi connectivity index (χ2n) is 8.96. The molecule has 0 bridgehead atoms. The maximum Gasteiger partial charge on any atom is 0.337 e. The summed E-state index contributed by atoms with van der Waals surface area (Å²) in [6.07, 6.45) is 6.53. The number of fused-ring (bicyclic) bond motifs is 2. The number of benzene rings is 2. The van der Waals surface area contributed by atoms with Crippen LogP contribution < -0.4 is 4.74 Å². The van der Waals surface area contributed by atoms with Gasteiger partial charge in [0.2, 0.25) is 0 Å². The average Bonchev–Trinajstić information content (AvgIpc) is 3.47. The summed E-state index contributed by atoms with van der Waals surface area (Å²) in [5, 5.41) is 2.34. The zero-order valence-corrected chi connectivity index (χ0v) is 19.3. The van der Waals surface area contributed by atoms with Crippen LogP contribution in [0.2, 0.25) is 0 Å². The van der Waals surface area contributed by atoms with Crippen molar-refractivity contribution in [3.05, 3.63) is 65.5 Å². The van der Waals surface area contributed by atoms with Crippen LogP contribution >= 0.6 is 0 Å². The maximum absolute atomic E-state index is 11.9. The quantitative estimate of drug-likeness (QED) is 0.381. The second-order valence-corrected chi connectivity index (χ2v) is 8.96. The molecular weight excluding hydrogens is 414 g/mol. The topological polar surface area (TPSA) is 70.3 Å². The molecule has 0 unspecified atom stereocenters. The van der Waals surface area contributed by atoms with Crippen molar-refractivity contribution in [2.75, 3.05) is 33.9 Å². The number of ether oxygens (including phenoxy) is 2. The summed E-state index contributed by atoms with van der Waals surface area (Å²) in [6.45, 7) is 3.35. The van der Waals surface area contributed by atoms with E-state index < -0.39 is 0 Å². The largest absolute Gasteiger partial charge is 0.497 e. The number of likely N-dealkylation sites (tertiary alicyclic amines) is 1. The van der Waals surface area contributed by atoms with Crippen LogP contribution in [0.1, 0.15) is 46.8 Å². The first-order chi connectivity index (χ1) is 16.1. The Morgan fingerprint density at radius 2 is 1.88 bits per heavy atom. The third-order valence-electron chi connectivity index (χ3n) is 6.99. The number of rotatable bonds is 7. The number of nitrogens with one attached hydrogen (secondary N) is 2. The summed E-state index contributed by atoms with van der Waals surface area (Å²) in [5.41, 5.74) is 5.46. The summed E-state index contributed by atoms with van der Waals surface area (Å²) in [7, 11) is 3.13. The highest BCUT2D eigenvalue weighted by molar-refractivity contribution is 5.95. The monoisotopic (exact) mass is 445 g/mol. The molecule has 2 aromatic carbocycles. The number of hydrogen-bond acceptors (Lipinski definition) is 4. The normalized spacial score (nSPS) is 15.3. The number of H-pyrrole nitrogens is 2. The van der Waals surface area contributed by atoms with Crippen LogP contribution in [0.5, 0.6) is 5.75 Å². The van der Waals surface area contributed by atoms with Gasteiger partial charge in [0.25, 0.3) is 0 Å². The lowest BCUT2D eigenvalue weighted by atomic mass is 9.93. The molecule has 2 aromatic heterocycles. The molecule has 4 aromatic rings. The molecule has 3 heterocycles. The number of esters is 1. The fourth-order valence-corrected chi connectivity index (χ4v) is 5.07. The zero-order valence-electron chi connectivity index (χ0n) is 19.3. The van der Waals surface area contributed by atoms with E-state index in [9.17, 15) is 4.79 Å². The number of aromatic amines is 2. The Morgan fingerprint density at radius 1 is 1.06 bits per heavy atom. The molecule has 172 valence electrons. The molecule has 33 heavy (non-hydrogen) atoms. The third-order valence-corrected chi connectivity index (χ3v) is 6.99. The van der Waals surface area contributed by atoms with Gasteiger partial charge >= 0.3 is 5.97 Å². The first kappa shape index (κ1) is 21.6. The van der Waals surface area contributed by atoms with Crippen molar-refractivity contribution in [3.63, 3.8) is 0 Å². The number of methoxy groups -OCH3 is 2. The van der Waals surface area contributed by atoms with E-state index in [-0.39, 0.29) is 5.97 Å². The summed E-state index contributed by atoms with van der Waals surface area (Å²) < 4.78 is 10.2. The van der Waals surface area contributed by atoms with Gasteiger partial charge in [-0.25, -0.2) is 4.79 Å². The minimum atomic E-state index is -0.291. The van der Waals surface area contributed by atoms with Crippen molar-refractivity contribution >= 4 is 27.8 Å². The van der Waals surface area contributed by atoms with Crippen LogP contribution in [-0.2, 0) is 11.2 Å². The molecule has 0 radical (unpaired) electrons. The van der Waals surface area contributed by atoms with E-state index in [1.54, 1.807) is 7.11 Å². The molecular formula is C27H31N3O3. The molecule has 1 aliphatic rings. The number of piperidine rings is 1. The van der Waals surface area contributed by atoms with Gasteiger partial charge in [-0.3, -0.25) is 0 Å². The lowest BCUT2D eigenvalue weighted by Crippen LogP contribution is -2.33. The molecule has 2 N–H and O–H groups in total. The van der Waals surface area contributed by atoms with Crippen molar-refractivity contribution in [1.29, 1.82) is 0 Å². The first-order valence-corrected chi connectivity index (χ1v) is 11.7. The Kier molecular flexibility index (Phi) is 6.09. The zero-order chi connectivity index (χ0) is 22.8. The van der Waals surface area contributed by atoms with E-state index in [0.29, 0.717) is 11.5 Å². The van der Waals surface area contributed by atoms with Crippen LogP contribution in [-0.4, -0.2) is 54.7 Å². The Morgan fingerprint density at radius 3 is 2.67 bits per heavy atom. The summed E-state index contributed by atoms with van der Waals surface area (Å²) in [4.78, 5) is 21.4. The number of carbonyl (C=O) groups is 1. The summed E-state index contributed by atoms with van der Waals surface area (Å²) in [6, 6.07) is 14.2. The van der Waals surface area contributed by atoms with Crippen molar-refractivity contribution in [2.45, 2.75) is 31.6 Å². The Hall–Kier alpha value is -3.25. The molecule has 5 rings (SSSR count). The van der Waals surface area contributed by atoms with Crippen molar-refractivity contribution in [1.82, 2.24) is 14.9 Å². The van der Waals surface area contributed by atoms with E-state index in [1.807, 2.05) is 24.3 Å². The smallest absolute Gasteiger partial charge is 0.337 e. The second kappa shape index (κ2) is 9.32. The van der Waals surface area contributed by atoms with Gasteiger partial charge in [-0.05, 0) is 93.3 Å². The van der Waals surface area contributed by atoms with Crippen LogP contribution in [0.3, 0.4) is 0 Å². The van der Waals surface area contributed by atoms with Crippen molar-refractivity contribution in [3.8, 4) is 5.75 Å². The van der Waals surface area contributed by atoms with Crippen LogP contribution in [0.4, 0.5) is 0 Å². The van der Waals surface area contributed by atoms with Crippen LogP contribution in [0.15, 0.2) is 48.7 Å². The molecule has 6 nitrogen and oxygen atoms in total. The number of carbonyl (C=O) groups excluding carboxylic acids is 1. The highest BCUT2D eigenvalue weighted by Crippen LogP contribution is 2.31. The summed E-state index contributed by atoms with van der Waals surface area (Å²) in [5.74, 6) is 1.20. The van der Waals surface area contributed by atoms with Gasteiger partial charge < -0.3 is 24.3 Å². The van der Waals surface area contributed by atoms with E-state index in [4.69, 9.17) is 9.47 Å². The number of aromatic nitrogens is 2. The lowest BCUT2D eigenvalue weighted by molar-refractivity contribution is 0.0601. The number of aryl methyl sites for hydroxylation is 1. The summed E-state index contributed by atoms with van der Waals surface area (Å²) >= 11 is 0. The van der Waals surface area contributed by atoms with Gasteiger partial charge in [0, 0.05) is 39.6 Å². The standard InChI is InChI=1S/C27H31N3O3/c1-32-22-6-8-24-21(14-22)16-26(29-24)18-9-12-30(13-10-18)11-3-4-20-17-28-25-7-5-19(15-23(20)25)27(31)33-2/h5-8,14-18,28-29H,3-4,9-13H2,1-2H3. The van der Waals surface area contributed by atoms with Gasteiger partial charge in [-0.1, -0.05) is 0 Å². The predicted molar refractivity (Wildman–Crippen MR) is 131 cm³/mol. The molecule has 0 spiro atoms. The molecule has 0 aliphatic carbocycles. The van der Waals surface area contributed by atoms with Crippen molar-refractivity contribution in [2.24, 2.45) is 0 Å². The Balaban J connectivity index is 1.15. The molecule has 6 heteroatoms. The van der Waals surface area contributed by atoms with E-state index in [2.05, 4.69) is 39.3 Å². The van der Waals surface area contributed by atoms with E-state index in [1.165, 1.54) is 42.1 Å². The maximum atomic E-state index is 11.9. The highest BCUT2D eigenvalue weighted by atomic mass is 16.5. The van der Waals surface area contributed by atoms with Gasteiger partial charge in [0.1, 0.15) is 5.75 Å². The average molecular weight is 446 g/mol. The predicted octanol–water partition coefficient (Wildman–Crippen LogP) is 5.26. The minimum absolute atomic E-state index is 0.291. The molecule has 1 aliphatic heterocycles.